The van der Waals surface area contributed by atoms with Gasteiger partial charge in [-0.15, -0.1) is 0 Å². The molecule has 1 aromatic carbocycles. The highest BCUT2D eigenvalue weighted by Gasteiger charge is 2.37. The second kappa shape index (κ2) is 6.02. The first kappa shape index (κ1) is 15.6. The zero-order chi connectivity index (χ0) is 17.8. The lowest BCUT2D eigenvalue weighted by atomic mass is 10.1. The van der Waals surface area contributed by atoms with Crippen molar-refractivity contribution >= 4 is 32.7 Å². The van der Waals surface area contributed by atoms with Crippen LogP contribution in [0.15, 0.2) is 47.2 Å². The average Bonchev–Trinajstić information content (AvgIpc) is 3.45. The molecule has 2 aliphatic rings. The second-order valence-corrected chi connectivity index (χ2v) is 8.24. The van der Waals surface area contributed by atoms with E-state index in [0.717, 1.165) is 41.1 Å². The van der Waals surface area contributed by atoms with E-state index in [4.69, 9.17) is 9.15 Å². The number of fused-ring (bicyclic) bond motifs is 4. The Morgan fingerprint density at radius 3 is 3.19 bits per heavy atom. The molecule has 1 N–H and O–H groups in total. The lowest BCUT2D eigenvalue weighted by molar-refractivity contribution is 0.218. The van der Waals surface area contributed by atoms with Gasteiger partial charge in [0.1, 0.15) is 11.3 Å². The Hall–Kier alpha value is -2.48. The van der Waals surface area contributed by atoms with E-state index in [2.05, 4.69) is 26.3 Å². The molecule has 27 heavy (non-hydrogen) atoms. The number of furan rings is 1. The number of benzene rings is 1. The number of piperazine rings is 1. The third-order valence-corrected chi connectivity index (χ3v) is 6.41. The molecule has 0 saturated carbocycles. The maximum absolute atomic E-state index is 5.94. The summed E-state index contributed by atoms with van der Waals surface area (Å²) in [6.07, 6.45) is 4.89. The lowest BCUT2D eigenvalue weighted by Crippen LogP contribution is -2.42. The smallest absolute Gasteiger partial charge is 0.281 e. The Morgan fingerprint density at radius 2 is 2.33 bits per heavy atom. The van der Waals surface area contributed by atoms with Gasteiger partial charge in [0.05, 0.1) is 11.0 Å². The van der Waals surface area contributed by atoms with Crippen molar-refractivity contribution in [3.63, 3.8) is 0 Å². The minimum atomic E-state index is 0.593. The Balaban J connectivity index is 1.25. The molecule has 0 unspecified atom stereocenters. The molecule has 2 atom stereocenters. The first-order valence-electron chi connectivity index (χ1n) is 9.19. The van der Waals surface area contributed by atoms with Crippen LogP contribution in [0.5, 0.6) is 10.9 Å². The number of rotatable bonds is 4. The topological polar surface area (TPSA) is 63.4 Å². The van der Waals surface area contributed by atoms with Gasteiger partial charge in [0.25, 0.3) is 5.19 Å². The minimum Gasteiger partial charge on any atom is -0.464 e. The fraction of sp³-hybridized carbons (Fsp3) is 0.300. The van der Waals surface area contributed by atoms with E-state index in [0.29, 0.717) is 22.9 Å². The van der Waals surface area contributed by atoms with Gasteiger partial charge in [-0.25, -0.2) is 4.98 Å². The number of aromatic nitrogens is 2. The summed E-state index contributed by atoms with van der Waals surface area (Å²) in [5, 5.41) is 5.30. The third kappa shape index (κ3) is 2.70. The summed E-state index contributed by atoms with van der Waals surface area (Å²) < 4.78 is 12.8. The van der Waals surface area contributed by atoms with E-state index >= 15 is 0 Å². The standard InChI is InChI=1S/C20H18N4O2S/c1-2-18-19(21-5-1)23-20(27-18)26-15-3-4-16-12(11-25-17(16)7-15)9-24-10-13-6-14(24)8-22-13/h1-5,7,11,13-14,22H,6,8-10H2/t13-,14-/m0/s1. The van der Waals surface area contributed by atoms with Crippen LogP contribution in [0.3, 0.4) is 0 Å². The van der Waals surface area contributed by atoms with Gasteiger partial charge >= 0.3 is 0 Å². The Morgan fingerprint density at radius 1 is 1.33 bits per heavy atom. The summed E-state index contributed by atoms with van der Waals surface area (Å²) in [7, 11) is 0. The summed E-state index contributed by atoms with van der Waals surface area (Å²) in [5.74, 6) is 0.729. The maximum Gasteiger partial charge on any atom is 0.281 e. The van der Waals surface area contributed by atoms with Crippen LogP contribution in [0.25, 0.3) is 21.3 Å². The van der Waals surface area contributed by atoms with Crippen molar-refractivity contribution in [1.82, 2.24) is 20.2 Å². The van der Waals surface area contributed by atoms with Gasteiger partial charge in [-0.1, -0.05) is 11.3 Å². The summed E-state index contributed by atoms with van der Waals surface area (Å²) in [6, 6.07) is 11.2. The fourth-order valence-electron chi connectivity index (χ4n) is 4.20. The van der Waals surface area contributed by atoms with Crippen molar-refractivity contribution in [3.8, 4) is 10.9 Å². The largest absolute Gasteiger partial charge is 0.464 e. The van der Waals surface area contributed by atoms with E-state index in [1.165, 1.54) is 23.3 Å². The summed E-state index contributed by atoms with van der Waals surface area (Å²) in [4.78, 5) is 11.2. The molecule has 2 fully saturated rings. The van der Waals surface area contributed by atoms with E-state index in [1.807, 2.05) is 30.5 Å². The van der Waals surface area contributed by atoms with Crippen molar-refractivity contribution in [1.29, 1.82) is 0 Å². The molecule has 5 heterocycles. The normalized spacial score (nSPS) is 22.2. The van der Waals surface area contributed by atoms with Crippen LogP contribution in [0.4, 0.5) is 0 Å². The molecule has 0 radical (unpaired) electrons. The molecule has 4 aromatic rings. The van der Waals surface area contributed by atoms with E-state index in [-0.39, 0.29) is 0 Å². The molecular weight excluding hydrogens is 360 g/mol. The Kier molecular flexibility index (Phi) is 3.47. The summed E-state index contributed by atoms with van der Waals surface area (Å²) >= 11 is 1.49. The zero-order valence-electron chi connectivity index (χ0n) is 14.6. The number of nitrogens with zero attached hydrogens (tertiary/aromatic N) is 3. The van der Waals surface area contributed by atoms with Crippen LogP contribution >= 0.6 is 11.3 Å². The third-order valence-electron chi connectivity index (χ3n) is 5.52. The Labute approximate surface area is 159 Å². The number of thiazole rings is 1. The second-order valence-electron chi connectivity index (χ2n) is 7.25. The molecule has 2 saturated heterocycles. The number of hydrogen-bond acceptors (Lipinski definition) is 7. The minimum absolute atomic E-state index is 0.593. The predicted molar refractivity (Wildman–Crippen MR) is 104 cm³/mol. The predicted octanol–water partition coefficient (Wildman–Crippen LogP) is 3.78. The molecule has 136 valence electrons. The molecule has 2 bridgehead atoms. The highest BCUT2D eigenvalue weighted by Crippen LogP contribution is 2.34. The molecule has 0 aliphatic carbocycles. The maximum atomic E-state index is 5.94. The summed E-state index contributed by atoms with van der Waals surface area (Å²) in [5.41, 5.74) is 2.81. The molecule has 6 rings (SSSR count). The van der Waals surface area contributed by atoms with Gasteiger partial charge in [-0.05, 0) is 30.7 Å². The van der Waals surface area contributed by atoms with E-state index in [1.54, 1.807) is 6.20 Å². The first-order valence-corrected chi connectivity index (χ1v) is 10.0. The van der Waals surface area contributed by atoms with Gasteiger partial charge in [-0.3, -0.25) is 4.90 Å². The monoisotopic (exact) mass is 378 g/mol. The molecule has 7 heteroatoms. The number of hydrogen-bond donors (Lipinski definition) is 1. The average molecular weight is 378 g/mol. The van der Waals surface area contributed by atoms with Crippen molar-refractivity contribution in [2.45, 2.75) is 25.0 Å². The van der Waals surface area contributed by atoms with E-state index in [9.17, 15) is 0 Å². The molecule has 2 aliphatic heterocycles. The highest BCUT2D eigenvalue weighted by atomic mass is 32.1. The van der Waals surface area contributed by atoms with Crippen molar-refractivity contribution < 1.29 is 9.15 Å². The summed E-state index contributed by atoms with van der Waals surface area (Å²) in [6.45, 7) is 3.18. The first-order chi connectivity index (χ1) is 13.3. The van der Waals surface area contributed by atoms with Gasteiger partial charge in [0.15, 0.2) is 5.65 Å². The van der Waals surface area contributed by atoms with Crippen LogP contribution in [-0.4, -0.2) is 40.0 Å². The number of nitrogens with one attached hydrogen (secondary N) is 1. The van der Waals surface area contributed by atoms with Crippen molar-refractivity contribution in [2.75, 3.05) is 13.1 Å². The lowest BCUT2D eigenvalue weighted by Gasteiger charge is -2.26. The van der Waals surface area contributed by atoms with Crippen molar-refractivity contribution in [3.05, 3.63) is 48.4 Å². The zero-order valence-corrected chi connectivity index (χ0v) is 15.4. The van der Waals surface area contributed by atoms with Crippen LogP contribution in [0, 0.1) is 0 Å². The fourth-order valence-corrected chi connectivity index (χ4v) is 5.00. The molecule has 6 nitrogen and oxygen atoms in total. The highest BCUT2D eigenvalue weighted by molar-refractivity contribution is 7.20. The Bertz CT molecular complexity index is 1100. The SMILES string of the molecule is c1cnc2nc(Oc3ccc4c(CN5C[C@@H]6C[C@H]5CN6)coc4c3)sc2c1. The van der Waals surface area contributed by atoms with E-state index < -0.39 is 0 Å². The van der Waals surface area contributed by atoms with Gasteiger partial charge in [0, 0.05) is 54.9 Å². The van der Waals surface area contributed by atoms with Crippen LogP contribution < -0.4 is 10.1 Å². The molecular formula is C20H18N4O2S. The van der Waals surface area contributed by atoms with Gasteiger partial charge < -0.3 is 14.5 Å². The molecule has 3 aromatic heterocycles. The quantitative estimate of drug-likeness (QED) is 0.583. The van der Waals surface area contributed by atoms with Crippen molar-refractivity contribution in [2.24, 2.45) is 0 Å². The number of likely N-dealkylation sites (tertiary alicyclic amines) is 1. The van der Waals surface area contributed by atoms with Crippen LogP contribution in [0.1, 0.15) is 12.0 Å². The molecule has 0 amide bonds. The van der Waals surface area contributed by atoms with Gasteiger partial charge in [0.2, 0.25) is 0 Å². The van der Waals surface area contributed by atoms with Crippen LogP contribution in [-0.2, 0) is 6.54 Å². The molecule has 0 spiro atoms. The van der Waals surface area contributed by atoms with Gasteiger partial charge in [-0.2, -0.15) is 4.98 Å². The van der Waals surface area contributed by atoms with Crippen LogP contribution in [0.2, 0.25) is 0 Å². The number of pyridine rings is 1. The number of ether oxygens (including phenoxy) is 1.